The van der Waals surface area contributed by atoms with E-state index in [9.17, 15) is 0 Å². The van der Waals surface area contributed by atoms with Gasteiger partial charge in [-0.1, -0.05) is 49.4 Å². The topological polar surface area (TPSA) is 47.3 Å². The molecule has 2 rings (SSSR count). The molecule has 1 unspecified atom stereocenters. The molecule has 0 bridgehead atoms. The Morgan fingerprint density at radius 3 is 2.38 bits per heavy atom. The molecule has 0 saturated carbocycles. The molecule has 0 aromatic heterocycles. The van der Waals surface area contributed by atoms with Gasteiger partial charge in [0.1, 0.15) is 12.4 Å². The van der Waals surface area contributed by atoms with Crippen molar-refractivity contribution < 1.29 is 4.74 Å². The molecule has 3 N–H and O–H groups in total. The van der Waals surface area contributed by atoms with Crippen molar-refractivity contribution in [2.24, 2.45) is 5.73 Å². The van der Waals surface area contributed by atoms with E-state index in [1.807, 2.05) is 30.3 Å². The van der Waals surface area contributed by atoms with Gasteiger partial charge in [0, 0.05) is 12.6 Å². The summed E-state index contributed by atoms with van der Waals surface area (Å²) >= 11 is 0. The summed E-state index contributed by atoms with van der Waals surface area (Å²) in [6.45, 7) is 4.33. The van der Waals surface area contributed by atoms with Crippen LogP contribution in [-0.4, -0.2) is 13.1 Å². The van der Waals surface area contributed by atoms with E-state index in [0.717, 1.165) is 18.7 Å². The molecule has 2 aromatic rings. The molecular weight excluding hydrogens is 260 g/mol. The van der Waals surface area contributed by atoms with Gasteiger partial charge in [-0.2, -0.15) is 0 Å². The van der Waals surface area contributed by atoms with Gasteiger partial charge < -0.3 is 15.8 Å². The Balaban J connectivity index is 1.92. The molecule has 0 radical (unpaired) electrons. The normalized spacial score (nSPS) is 12.1. The molecule has 112 valence electrons. The monoisotopic (exact) mass is 284 g/mol. The van der Waals surface area contributed by atoms with Crippen LogP contribution < -0.4 is 15.8 Å². The molecule has 2 aromatic carbocycles. The summed E-state index contributed by atoms with van der Waals surface area (Å²) in [6, 6.07) is 18.6. The minimum Gasteiger partial charge on any atom is -0.489 e. The summed E-state index contributed by atoms with van der Waals surface area (Å²) in [5.41, 5.74) is 8.20. The number of hydrogen-bond acceptors (Lipinski definition) is 3. The predicted octanol–water partition coefficient (Wildman–Crippen LogP) is 3.27. The molecule has 0 aliphatic heterocycles. The molecular formula is C18H24N2O. The summed E-state index contributed by atoms with van der Waals surface area (Å²) < 4.78 is 5.79. The van der Waals surface area contributed by atoms with E-state index in [2.05, 4.69) is 36.5 Å². The average molecular weight is 284 g/mol. The second-order valence-corrected chi connectivity index (χ2v) is 5.09. The van der Waals surface area contributed by atoms with Gasteiger partial charge >= 0.3 is 0 Å². The van der Waals surface area contributed by atoms with Crippen molar-refractivity contribution >= 4 is 0 Å². The molecule has 3 heteroatoms. The van der Waals surface area contributed by atoms with Gasteiger partial charge in [0.2, 0.25) is 0 Å². The lowest BCUT2D eigenvalue weighted by Gasteiger charge is -2.17. The zero-order valence-corrected chi connectivity index (χ0v) is 12.6. The van der Waals surface area contributed by atoms with E-state index in [4.69, 9.17) is 10.5 Å². The highest BCUT2D eigenvalue weighted by atomic mass is 16.5. The van der Waals surface area contributed by atoms with Gasteiger partial charge in [-0.15, -0.1) is 0 Å². The largest absolute Gasteiger partial charge is 0.489 e. The number of benzene rings is 2. The first kappa shape index (κ1) is 15.5. The van der Waals surface area contributed by atoms with Crippen LogP contribution >= 0.6 is 0 Å². The highest BCUT2D eigenvalue weighted by Crippen LogP contribution is 2.18. The van der Waals surface area contributed by atoms with Crippen LogP contribution in [0.5, 0.6) is 5.75 Å². The molecule has 21 heavy (non-hydrogen) atoms. The van der Waals surface area contributed by atoms with E-state index in [1.165, 1.54) is 11.1 Å². The van der Waals surface area contributed by atoms with Crippen LogP contribution in [0.1, 0.15) is 30.5 Å². The van der Waals surface area contributed by atoms with Crippen LogP contribution in [0, 0.1) is 0 Å². The molecule has 0 aliphatic carbocycles. The van der Waals surface area contributed by atoms with E-state index >= 15 is 0 Å². The van der Waals surface area contributed by atoms with Gasteiger partial charge in [0.25, 0.3) is 0 Å². The fourth-order valence-electron chi connectivity index (χ4n) is 2.19. The minimum atomic E-state index is 0.216. The van der Waals surface area contributed by atoms with E-state index in [-0.39, 0.29) is 6.04 Å². The maximum atomic E-state index is 5.82. The van der Waals surface area contributed by atoms with E-state index in [0.29, 0.717) is 13.2 Å². The van der Waals surface area contributed by atoms with Crippen molar-refractivity contribution in [2.75, 3.05) is 13.1 Å². The third-order valence-corrected chi connectivity index (χ3v) is 3.41. The van der Waals surface area contributed by atoms with Crippen LogP contribution in [0.4, 0.5) is 0 Å². The Bertz CT molecular complexity index is 511. The van der Waals surface area contributed by atoms with Crippen LogP contribution in [0.15, 0.2) is 54.6 Å². The number of hydrogen-bond donors (Lipinski definition) is 2. The van der Waals surface area contributed by atoms with Crippen LogP contribution in [-0.2, 0) is 6.61 Å². The number of ether oxygens (including phenoxy) is 1. The second-order valence-electron chi connectivity index (χ2n) is 5.09. The standard InChI is InChI=1S/C18H24N2O/c1-2-12-20-18(13-19)16-8-10-17(11-9-16)21-14-15-6-4-3-5-7-15/h3-11,18,20H,2,12-14,19H2,1H3. The van der Waals surface area contributed by atoms with Crippen molar-refractivity contribution in [1.29, 1.82) is 0 Å². The summed E-state index contributed by atoms with van der Waals surface area (Å²) in [5.74, 6) is 0.883. The summed E-state index contributed by atoms with van der Waals surface area (Å²) in [7, 11) is 0. The smallest absolute Gasteiger partial charge is 0.119 e. The highest BCUT2D eigenvalue weighted by Gasteiger charge is 2.08. The summed E-state index contributed by atoms with van der Waals surface area (Å²) in [4.78, 5) is 0. The van der Waals surface area contributed by atoms with Crippen molar-refractivity contribution in [3.05, 3.63) is 65.7 Å². The maximum Gasteiger partial charge on any atom is 0.119 e. The van der Waals surface area contributed by atoms with Crippen molar-refractivity contribution in [2.45, 2.75) is 26.0 Å². The zero-order chi connectivity index (χ0) is 14.9. The molecule has 0 saturated heterocycles. The lowest BCUT2D eigenvalue weighted by Crippen LogP contribution is -2.28. The number of nitrogens with one attached hydrogen (secondary N) is 1. The molecule has 0 spiro atoms. The summed E-state index contributed by atoms with van der Waals surface area (Å²) in [6.07, 6.45) is 1.11. The first-order valence-corrected chi connectivity index (χ1v) is 7.53. The maximum absolute atomic E-state index is 5.82. The molecule has 1 atom stereocenters. The molecule has 0 heterocycles. The number of rotatable bonds is 8. The van der Waals surface area contributed by atoms with Crippen LogP contribution in [0.3, 0.4) is 0 Å². The Morgan fingerprint density at radius 2 is 1.76 bits per heavy atom. The van der Waals surface area contributed by atoms with Crippen molar-refractivity contribution in [3.63, 3.8) is 0 Å². The SMILES string of the molecule is CCCNC(CN)c1ccc(OCc2ccccc2)cc1. The minimum absolute atomic E-state index is 0.216. The van der Waals surface area contributed by atoms with Gasteiger partial charge in [0.15, 0.2) is 0 Å². The quantitative estimate of drug-likeness (QED) is 0.782. The fourth-order valence-corrected chi connectivity index (χ4v) is 2.19. The molecule has 3 nitrogen and oxygen atoms in total. The Labute approximate surface area is 127 Å². The van der Waals surface area contributed by atoms with E-state index < -0.39 is 0 Å². The fraction of sp³-hybridized carbons (Fsp3) is 0.333. The lowest BCUT2D eigenvalue weighted by molar-refractivity contribution is 0.306. The van der Waals surface area contributed by atoms with Gasteiger partial charge in [0.05, 0.1) is 0 Å². The van der Waals surface area contributed by atoms with Crippen molar-refractivity contribution in [3.8, 4) is 5.75 Å². The van der Waals surface area contributed by atoms with Crippen LogP contribution in [0.2, 0.25) is 0 Å². The lowest BCUT2D eigenvalue weighted by atomic mass is 10.1. The van der Waals surface area contributed by atoms with Gasteiger partial charge in [-0.3, -0.25) is 0 Å². The Morgan fingerprint density at radius 1 is 1.05 bits per heavy atom. The van der Waals surface area contributed by atoms with Crippen molar-refractivity contribution in [1.82, 2.24) is 5.32 Å². The first-order valence-electron chi connectivity index (χ1n) is 7.53. The Kier molecular flexibility index (Phi) is 6.25. The molecule has 0 amide bonds. The van der Waals surface area contributed by atoms with Gasteiger partial charge in [-0.05, 0) is 36.2 Å². The predicted molar refractivity (Wildman–Crippen MR) is 87.3 cm³/mol. The third kappa shape index (κ3) is 4.88. The van der Waals surface area contributed by atoms with Crippen LogP contribution in [0.25, 0.3) is 0 Å². The summed E-state index contributed by atoms with van der Waals surface area (Å²) in [5, 5.41) is 3.45. The number of nitrogens with two attached hydrogens (primary N) is 1. The average Bonchev–Trinajstić information content (AvgIpc) is 2.56. The molecule has 0 fully saturated rings. The first-order chi connectivity index (χ1) is 10.3. The zero-order valence-electron chi connectivity index (χ0n) is 12.6. The highest BCUT2D eigenvalue weighted by molar-refractivity contribution is 5.29. The Hall–Kier alpha value is -1.84. The van der Waals surface area contributed by atoms with E-state index in [1.54, 1.807) is 0 Å². The molecule has 0 aliphatic rings. The van der Waals surface area contributed by atoms with Gasteiger partial charge in [-0.25, -0.2) is 0 Å². The third-order valence-electron chi connectivity index (χ3n) is 3.41. The second kappa shape index (κ2) is 8.45.